The number of amides is 2. The number of anilines is 2. The van der Waals surface area contributed by atoms with E-state index in [1.165, 1.54) is 6.92 Å². The van der Waals surface area contributed by atoms with E-state index < -0.39 is 0 Å². The van der Waals surface area contributed by atoms with Crippen LogP contribution < -0.4 is 15.0 Å². The molecule has 2 aromatic carbocycles. The molecule has 0 fully saturated rings. The van der Waals surface area contributed by atoms with Gasteiger partial charge in [0.2, 0.25) is 11.8 Å². The molecule has 0 heterocycles. The van der Waals surface area contributed by atoms with Crippen LogP contribution in [0, 0.1) is 0 Å². The minimum absolute atomic E-state index is 0.0766. The molecule has 0 radical (unpaired) electrons. The van der Waals surface area contributed by atoms with Crippen molar-refractivity contribution in [2.75, 3.05) is 37.0 Å². The summed E-state index contributed by atoms with van der Waals surface area (Å²) in [6.45, 7) is 8.38. The van der Waals surface area contributed by atoms with E-state index in [1.807, 2.05) is 48.5 Å². The average Bonchev–Trinajstić information content (AvgIpc) is 2.73. The topological polar surface area (TPSA) is 61.9 Å². The largest absolute Gasteiger partial charge is 0.496 e. The molecule has 0 atom stereocenters. The van der Waals surface area contributed by atoms with Gasteiger partial charge < -0.3 is 19.9 Å². The molecule has 6 heteroatoms. The number of carbonyl (C=O) groups is 2. The summed E-state index contributed by atoms with van der Waals surface area (Å²) in [5, 5.41) is 2.90. The van der Waals surface area contributed by atoms with Crippen molar-refractivity contribution in [3.05, 3.63) is 54.1 Å². The van der Waals surface area contributed by atoms with Gasteiger partial charge in [-0.3, -0.25) is 9.59 Å². The van der Waals surface area contributed by atoms with Crippen molar-refractivity contribution in [1.29, 1.82) is 0 Å². The van der Waals surface area contributed by atoms with E-state index in [2.05, 4.69) is 24.1 Å². The fourth-order valence-corrected chi connectivity index (χ4v) is 3.19. The van der Waals surface area contributed by atoms with E-state index in [0.29, 0.717) is 13.1 Å². The van der Waals surface area contributed by atoms with E-state index >= 15 is 0 Å². The van der Waals surface area contributed by atoms with Gasteiger partial charge in [0.25, 0.3) is 0 Å². The van der Waals surface area contributed by atoms with Crippen LogP contribution in [-0.4, -0.2) is 43.5 Å². The molecule has 0 aromatic heterocycles. The van der Waals surface area contributed by atoms with Crippen LogP contribution in [0.1, 0.15) is 32.8 Å². The molecule has 0 bridgehead atoms. The molecule has 29 heavy (non-hydrogen) atoms. The first-order chi connectivity index (χ1) is 14.0. The lowest BCUT2D eigenvalue weighted by molar-refractivity contribution is -0.129. The third-order valence-electron chi connectivity index (χ3n) is 4.89. The molecule has 0 aliphatic rings. The molecule has 0 spiro atoms. The van der Waals surface area contributed by atoms with Crippen molar-refractivity contribution in [2.24, 2.45) is 0 Å². The number of para-hydroxylation sites is 1. The average molecular weight is 398 g/mol. The molecule has 0 aliphatic heterocycles. The Morgan fingerprint density at radius 2 is 1.66 bits per heavy atom. The number of methoxy groups -OCH3 is 1. The van der Waals surface area contributed by atoms with E-state index in [1.54, 1.807) is 12.0 Å². The van der Waals surface area contributed by atoms with Crippen LogP contribution in [-0.2, 0) is 16.1 Å². The van der Waals surface area contributed by atoms with E-state index in [9.17, 15) is 9.59 Å². The van der Waals surface area contributed by atoms with Gasteiger partial charge in [0.05, 0.1) is 7.11 Å². The van der Waals surface area contributed by atoms with Crippen molar-refractivity contribution in [1.82, 2.24) is 4.90 Å². The molecular weight excluding hydrogens is 366 g/mol. The predicted octanol–water partition coefficient (Wildman–Crippen LogP) is 3.92. The highest BCUT2D eigenvalue weighted by atomic mass is 16.5. The summed E-state index contributed by atoms with van der Waals surface area (Å²) in [5.74, 6) is 0.538. The van der Waals surface area contributed by atoms with E-state index in [0.717, 1.165) is 35.8 Å². The van der Waals surface area contributed by atoms with Gasteiger partial charge in [-0.1, -0.05) is 18.2 Å². The van der Waals surface area contributed by atoms with Crippen LogP contribution >= 0.6 is 0 Å². The van der Waals surface area contributed by atoms with Crippen LogP contribution in [0.4, 0.5) is 11.4 Å². The Hall–Kier alpha value is -3.02. The highest BCUT2D eigenvalue weighted by molar-refractivity contribution is 5.91. The van der Waals surface area contributed by atoms with Gasteiger partial charge >= 0.3 is 0 Å². The minimum Gasteiger partial charge on any atom is -0.496 e. The third kappa shape index (κ3) is 6.52. The monoisotopic (exact) mass is 397 g/mol. The number of ether oxygens (including phenoxy) is 1. The number of carbonyl (C=O) groups excluding carboxylic acids is 2. The van der Waals surface area contributed by atoms with Gasteiger partial charge in [0, 0.05) is 56.5 Å². The summed E-state index contributed by atoms with van der Waals surface area (Å²) in [7, 11) is 1.61. The molecular formula is C23H31N3O3. The molecule has 0 saturated carbocycles. The lowest BCUT2D eigenvalue weighted by Crippen LogP contribution is -2.31. The van der Waals surface area contributed by atoms with Crippen LogP contribution in [0.3, 0.4) is 0 Å². The summed E-state index contributed by atoms with van der Waals surface area (Å²) in [4.78, 5) is 28.3. The molecule has 0 saturated heterocycles. The molecule has 2 aromatic rings. The Labute approximate surface area is 173 Å². The quantitative estimate of drug-likeness (QED) is 0.660. The van der Waals surface area contributed by atoms with Crippen molar-refractivity contribution in [3.8, 4) is 5.75 Å². The van der Waals surface area contributed by atoms with Gasteiger partial charge in [0.1, 0.15) is 5.75 Å². The van der Waals surface area contributed by atoms with Gasteiger partial charge in [-0.25, -0.2) is 0 Å². The minimum atomic E-state index is -0.119. The highest BCUT2D eigenvalue weighted by Gasteiger charge is 2.14. The fourth-order valence-electron chi connectivity index (χ4n) is 3.19. The molecule has 156 valence electrons. The SMILES string of the molecule is CCN(CC)c1ccc(NC(=O)CCN(Cc2ccccc2OC)C(C)=O)cc1. The van der Waals surface area contributed by atoms with Gasteiger partial charge in [-0.05, 0) is 44.2 Å². The number of benzene rings is 2. The number of rotatable bonds is 10. The first-order valence-electron chi connectivity index (χ1n) is 10.0. The lowest BCUT2D eigenvalue weighted by Gasteiger charge is -2.22. The third-order valence-corrected chi connectivity index (χ3v) is 4.89. The zero-order valence-corrected chi connectivity index (χ0v) is 17.8. The van der Waals surface area contributed by atoms with Gasteiger partial charge in [-0.15, -0.1) is 0 Å². The standard InChI is InChI=1S/C23H31N3O3/c1-5-25(6-2)21-13-11-20(12-14-21)24-23(28)15-16-26(18(3)27)17-19-9-7-8-10-22(19)29-4/h7-14H,5-6,15-17H2,1-4H3,(H,24,28). The molecule has 0 unspecified atom stereocenters. The fraction of sp³-hybridized carbons (Fsp3) is 0.391. The number of hydrogen-bond acceptors (Lipinski definition) is 4. The zero-order valence-electron chi connectivity index (χ0n) is 17.8. The predicted molar refractivity (Wildman–Crippen MR) is 117 cm³/mol. The Balaban J connectivity index is 1.92. The maximum absolute atomic E-state index is 12.4. The van der Waals surface area contributed by atoms with Crippen molar-refractivity contribution < 1.29 is 14.3 Å². The maximum Gasteiger partial charge on any atom is 0.226 e. The second-order valence-electron chi connectivity index (χ2n) is 6.77. The van der Waals surface area contributed by atoms with Crippen molar-refractivity contribution in [2.45, 2.75) is 33.7 Å². The Kier molecular flexibility index (Phi) is 8.52. The van der Waals surface area contributed by atoms with E-state index in [4.69, 9.17) is 4.74 Å². The summed E-state index contributed by atoms with van der Waals surface area (Å²) < 4.78 is 5.35. The molecule has 6 nitrogen and oxygen atoms in total. The first-order valence-corrected chi connectivity index (χ1v) is 10.0. The highest BCUT2D eigenvalue weighted by Crippen LogP contribution is 2.20. The summed E-state index contributed by atoms with van der Waals surface area (Å²) in [6, 6.07) is 15.4. The van der Waals surface area contributed by atoms with Crippen molar-refractivity contribution >= 4 is 23.2 Å². The molecule has 1 N–H and O–H groups in total. The zero-order chi connectivity index (χ0) is 21.2. The Bertz CT molecular complexity index is 801. The Morgan fingerprint density at radius 1 is 1.00 bits per heavy atom. The first kappa shape index (κ1) is 22.3. The van der Waals surface area contributed by atoms with E-state index in [-0.39, 0.29) is 18.2 Å². The molecule has 2 amide bonds. The number of hydrogen-bond donors (Lipinski definition) is 1. The smallest absolute Gasteiger partial charge is 0.226 e. The lowest BCUT2D eigenvalue weighted by atomic mass is 10.2. The second kappa shape index (κ2) is 11.1. The summed E-state index contributed by atoms with van der Waals surface area (Å²) in [6.07, 6.45) is 0.229. The summed E-state index contributed by atoms with van der Waals surface area (Å²) >= 11 is 0. The molecule has 2 rings (SSSR count). The Morgan fingerprint density at radius 3 is 2.24 bits per heavy atom. The van der Waals surface area contributed by atoms with Gasteiger partial charge in [0.15, 0.2) is 0 Å². The summed E-state index contributed by atoms with van der Waals surface area (Å²) in [5.41, 5.74) is 2.80. The second-order valence-corrected chi connectivity index (χ2v) is 6.77. The number of nitrogens with zero attached hydrogens (tertiary/aromatic N) is 2. The van der Waals surface area contributed by atoms with Crippen LogP contribution in [0.5, 0.6) is 5.75 Å². The van der Waals surface area contributed by atoms with Crippen LogP contribution in [0.15, 0.2) is 48.5 Å². The van der Waals surface area contributed by atoms with Crippen molar-refractivity contribution in [3.63, 3.8) is 0 Å². The normalized spacial score (nSPS) is 10.3. The molecule has 0 aliphatic carbocycles. The van der Waals surface area contributed by atoms with Crippen LogP contribution in [0.25, 0.3) is 0 Å². The van der Waals surface area contributed by atoms with Gasteiger partial charge in [-0.2, -0.15) is 0 Å². The number of nitrogens with one attached hydrogen (secondary N) is 1. The van der Waals surface area contributed by atoms with Crippen LogP contribution in [0.2, 0.25) is 0 Å². The maximum atomic E-state index is 12.4.